The molecule has 5 N–H and O–H groups in total. The van der Waals surface area contributed by atoms with Gasteiger partial charge in [-0.15, -0.1) is 0 Å². The predicted molar refractivity (Wildman–Crippen MR) is 78.9 cm³/mol. The van der Waals surface area contributed by atoms with Gasteiger partial charge in [0.1, 0.15) is 0 Å². The zero-order chi connectivity index (χ0) is 15.2. The molecule has 0 unspecified atom stereocenters. The fourth-order valence-electron chi connectivity index (χ4n) is 2.11. The summed E-state index contributed by atoms with van der Waals surface area (Å²) in [7, 11) is 0. The van der Waals surface area contributed by atoms with E-state index in [4.69, 9.17) is 11.5 Å². The van der Waals surface area contributed by atoms with E-state index in [2.05, 4.69) is 5.32 Å². The SMILES string of the molecule is CCC(CC)(CN)C(=O)NCc1ccc(C(N)=O)cc1. The molecule has 2 amide bonds. The fourth-order valence-corrected chi connectivity index (χ4v) is 2.11. The molecule has 0 saturated heterocycles. The van der Waals surface area contributed by atoms with Crippen LogP contribution in [0.5, 0.6) is 0 Å². The summed E-state index contributed by atoms with van der Waals surface area (Å²) in [5.74, 6) is -0.483. The van der Waals surface area contributed by atoms with Gasteiger partial charge in [-0.1, -0.05) is 26.0 Å². The van der Waals surface area contributed by atoms with Crippen LogP contribution in [-0.2, 0) is 11.3 Å². The van der Waals surface area contributed by atoms with Crippen LogP contribution in [0.4, 0.5) is 0 Å². The van der Waals surface area contributed by atoms with E-state index in [1.807, 2.05) is 13.8 Å². The molecular weight excluding hydrogens is 254 g/mol. The van der Waals surface area contributed by atoms with Gasteiger partial charge in [-0.05, 0) is 30.5 Å². The second-order valence-electron chi connectivity index (χ2n) is 4.94. The molecule has 0 fully saturated rings. The van der Waals surface area contributed by atoms with Crippen LogP contribution in [0.1, 0.15) is 42.6 Å². The largest absolute Gasteiger partial charge is 0.366 e. The van der Waals surface area contributed by atoms with Crippen molar-refractivity contribution in [2.45, 2.75) is 33.2 Å². The molecule has 0 radical (unpaired) electrons. The van der Waals surface area contributed by atoms with Crippen molar-refractivity contribution in [3.8, 4) is 0 Å². The molecule has 0 atom stereocenters. The van der Waals surface area contributed by atoms with Crippen molar-refractivity contribution in [3.05, 3.63) is 35.4 Å². The number of carbonyl (C=O) groups is 2. The van der Waals surface area contributed by atoms with Crippen LogP contribution >= 0.6 is 0 Å². The van der Waals surface area contributed by atoms with Gasteiger partial charge in [-0.3, -0.25) is 9.59 Å². The van der Waals surface area contributed by atoms with Crippen molar-refractivity contribution in [2.24, 2.45) is 16.9 Å². The summed E-state index contributed by atoms with van der Waals surface area (Å²) in [6.45, 7) is 4.70. The first-order chi connectivity index (χ1) is 9.49. The number of nitrogens with one attached hydrogen (secondary N) is 1. The van der Waals surface area contributed by atoms with Gasteiger partial charge >= 0.3 is 0 Å². The Morgan fingerprint density at radius 2 is 1.70 bits per heavy atom. The number of hydrogen-bond acceptors (Lipinski definition) is 3. The Labute approximate surface area is 119 Å². The lowest BCUT2D eigenvalue weighted by atomic mass is 9.81. The number of amides is 2. The van der Waals surface area contributed by atoms with Gasteiger partial charge in [-0.2, -0.15) is 0 Å². The van der Waals surface area contributed by atoms with Crippen molar-refractivity contribution in [1.82, 2.24) is 5.32 Å². The standard InChI is InChI=1S/C15H23N3O2/c1-3-15(4-2,10-16)14(20)18-9-11-5-7-12(8-6-11)13(17)19/h5-8H,3-4,9-10,16H2,1-2H3,(H2,17,19)(H,18,20). The smallest absolute Gasteiger partial charge is 0.248 e. The summed E-state index contributed by atoms with van der Waals surface area (Å²) in [4.78, 5) is 23.2. The van der Waals surface area contributed by atoms with Gasteiger partial charge in [0.25, 0.3) is 0 Å². The Kier molecular flexibility index (Phi) is 5.70. The molecule has 110 valence electrons. The van der Waals surface area contributed by atoms with Gasteiger partial charge in [0.05, 0.1) is 5.41 Å². The minimum absolute atomic E-state index is 0.0241. The average Bonchev–Trinajstić information content (AvgIpc) is 2.48. The third-order valence-corrected chi connectivity index (χ3v) is 3.92. The lowest BCUT2D eigenvalue weighted by Crippen LogP contribution is -2.45. The number of carbonyl (C=O) groups excluding carboxylic acids is 2. The molecule has 0 aliphatic carbocycles. The van der Waals surface area contributed by atoms with Gasteiger partial charge in [0, 0.05) is 18.7 Å². The Balaban J connectivity index is 2.67. The van der Waals surface area contributed by atoms with Crippen LogP contribution < -0.4 is 16.8 Å². The molecule has 0 heterocycles. The lowest BCUT2D eigenvalue weighted by Gasteiger charge is -2.28. The third kappa shape index (κ3) is 3.57. The molecule has 5 nitrogen and oxygen atoms in total. The predicted octanol–water partition coefficient (Wildman–Crippen LogP) is 1.17. The summed E-state index contributed by atoms with van der Waals surface area (Å²) in [6, 6.07) is 6.87. The summed E-state index contributed by atoms with van der Waals surface area (Å²) in [6.07, 6.45) is 1.43. The van der Waals surface area contributed by atoms with E-state index in [1.165, 1.54) is 0 Å². The zero-order valence-electron chi connectivity index (χ0n) is 12.1. The number of hydrogen-bond donors (Lipinski definition) is 3. The van der Waals surface area contributed by atoms with E-state index in [0.717, 1.165) is 5.56 Å². The molecule has 0 aliphatic rings. The molecule has 0 aliphatic heterocycles. The van der Waals surface area contributed by atoms with Gasteiger partial charge < -0.3 is 16.8 Å². The first-order valence-electron chi connectivity index (χ1n) is 6.86. The third-order valence-electron chi connectivity index (χ3n) is 3.92. The van der Waals surface area contributed by atoms with E-state index >= 15 is 0 Å². The molecule has 1 rings (SSSR count). The lowest BCUT2D eigenvalue weighted by molar-refractivity contribution is -0.131. The molecule has 0 bridgehead atoms. The highest BCUT2D eigenvalue weighted by Crippen LogP contribution is 2.25. The maximum atomic E-state index is 12.2. The van der Waals surface area contributed by atoms with Crippen LogP contribution in [0.3, 0.4) is 0 Å². The summed E-state index contributed by atoms with van der Waals surface area (Å²) >= 11 is 0. The van der Waals surface area contributed by atoms with Crippen LogP contribution in [0.25, 0.3) is 0 Å². The van der Waals surface area contributed by atoms with Crippen LogP contribution in [-0.4, -0.2) is 18.4 Å². The number of benzene rings is 1. The second kappa shape index (κ2) is 7.05. The molecule has 0 saturated carbocycles. The van der Waals surface area contributed by atoms with Crippen LogP contribution in [0.15, 0.2) is 24.3 Å². The zero-order valence-corrected chi connectivity index (χ0v) is 12.1. The molecule has 1 aromatic rings. The van der Waals surface area contributed by atoms with E-state index in [-0.39, 0.29) is 5.91 Å². The minimum atomic E-state index is -0.493. The van der Waals surface area contributed by atoms with Gasteiger partial charge in [0.15, 0.2) is 0 Å². The highest BCUT2D eigenvalue weighted by atomic mass is 16.2. The van der Waals surface area contributed by atoms with E-state index in [1.54, 1.807) is 24.3 Å². The van der Waals surface area contributed by atoms with Crippen molar-refractivity contribution >= 4 is 11.8 Å². The van der Waals surface area contributed by atoms with E-state index < -0.39 is 11.3 Å². The first kappa shape index (κ1) is 16.2. The molecule has 5 heteroatoms. The maximum absolute atomic E-state index is 12.2. The Hall–Kier alpha value is -1.88. The number of primary amides is 1. The monoisotopic (exact) mass is 277 g/mol. The quantitative estimate of drug-likeness (QED) is 0.697. The summed E-state index contributed by atoms with van der Waals surface area (Å²) in [5.41, 5.74) is 11.8. The van der Waals surface area contributed by atoms with Gasteiger partial charge in [0.2, 0.25) is 11.8 Å². The normalized spacial score (nSPS) is 11.2. The summed E-state index contributed by atoms with van der Waals surface area (Å²) in [5, 5.41) is 2.91. The molecular formula is C15H23N3O2. The minimum Gasteiger partial charge on any atom is -0.366 e. The maximum Gasteiger partial charge on any atom is 0.248 e. The molecule has 0 aromatic heterocycles. The number of rotatable bonds is 7. The van der Waals surface area contributed by atoms with Crippen LogP contribution in [0.2, 0.25) is 0 Å². The van der Waals surface area contributed by atoms with Gasteiger partial charge in [-0.25, -0.2) is 0 Å². The highest BCUT2D eigenvalue weighted by molar-refractivity contribution is 5.92. The first-order valence-corrected chi connectivity index (χ1v) is 6.86. The highest BCUT2D eigenvalue weighted by Gasteiger charge is 2.32. The Morgan fingerprint density at radius 1 is 1.15 bits per heavy atom. The van der Waals surface area contributed by atoms with Crippen molar-refractivity contribution in [3.63, 3.8) is 0 Å². The van der Waals surface area contributed by atoms with Crippen LogP contribution in [0, 0.1) is 5.41 Å². The van der Waals surface area contributed by atoms with E-state index in [9.17, 15) is 9.59 Å². The Morgan fingerprint density at radius 3 is 2.10 bits per heavy atom. The Bertz CT molecular complexity index is 456. The van der Waals surface area contributed by atoms with Crippen molar-refractivity contribution in [2.75, 3.05) is 6.54 Å². The van der Waals surface area contributed by atoms with Crippen molar-refractivity contribution < 1.29 is 9.59 Å². The fraction of sp³-hybridized carbons (Fsp3) is 0.467. The molecule has 1 aromatic carbocycles. The topological polar surface area (TPSA) is 98.2 Å². The van der Waals surface area contributed by atoms with Crippen molar-refractivity contribution in [1.29, 1.82) is 0 Å². The summed E-state index contributed by atoms with van der Waals surface area (Å²) < 4.78 is 0. The number of nitrogens with two attached hydrogens (primary N) is 2. The molecule has 20 heavy (non-hydrogen) atoms. The average molecular weight is 277 g/mol. The van der Waals surface area contributed by atoms with E-state index in [0.29, 0.717) is 31.5 Å². The second-order valence-corrected chi connectivity index (χ2v) is 4.94. The molecule has 0 spiro atoms.